The number of anilines is 1. The first kappa shape index (κ1) is 22.3. The fraction of sp³-hybridized carbons (Fsp3) is 0.667. The molecule has 9 atom stereocenters. The SMILES string of the molecule is CC(C)[C@]12O[C@H]1[C@H]1O[C@]13[C@]1(O[C@H]1C[C@H]1C4=C(CC[C@@]13C)C(=O)OC4)[C@]21CN(c2ccc3c(cnn3C)c2)CO1. The van der Waals surface area contributed by atoms with Gasteiger partial charge >= 0.3 is 5.97 Å². The van der Waals surface area contributed by atoms with Crippen molar-refractivity contribution in [3.05, 3.63) is 35.5 Å². The maximum absolute atomic E-state index is 12.5. The van der Waals surface area contributed by atoms with Gasteiger partial charge in [0.15, 0.2) is 11.2 Å². The quantitative estimate of drug-likeness (QED) is 0.432. The summed E-state index contributed by atoms with van der Waals surface area (Å²) in [6.07, 6.45) is 4.41. The maximum atomic E-state index is 12.5. The van der Waals surface area contributed by atoms with E-state index in [0.717, 1.165) is 41.4 Å². The number of aryl methyl sites for hydroxylation is 1. The number of esters is 1. The summed E-state index contributed by atoms with van der Waals surface area (Å²) in [5.41, 5.74) is 2.00. The highest BCUT2D eigenvalue weighted by Gasteiger charge is 3.05. The number of carbonyl (C=O) groups excluding carboxylic acids is 1. The molecule has 10 rings (SSSR count). The zero-order chi connectivity index (χ0) is 26.3. The normalized spacial score (nSPS) is 49.9. The van der Waals surface area contributed by atoms with Crippen molar-refractivity contribution in [2.75, 3.05) is 24.8 Å². The molecule has 3 aliphatic carbocycles. The van der Waals surface area contributed by atoms with Crippen LogP contribution in [0.3, 0.4) is 0 Å². The van der Waals surface area contributed by atoms with Crippen LogP contribution < -0.4 is 4.90 Å². The summed E-state index contributed by atoms with van der Waals surface area (Å²) < 4.78 is 35.3. The molecule has 3 spiro atoms. The van der Waals surface area contributed by atoms with Crippen molar-refractivity contribution in [1.29, 1.82) is 0 Å². The van der Waals surface area contributed by atoms with Gasteiger partial charge in [-0.05, 0) is 54.9 Å². The van der Waals surface area contributed by atoms with Gasteiger partial charge in [-0.2, -0.15) is 5.10 Å². The number of cyclic esters (lactones) is 1. The lowest BCUT2D eigenvalue weighted by molar-refractivity contribution is -0.168. The summed E-state index contributed by atoms with van der Waals surface area (Å²) in [5.74, 6) is 0.332. The predicted octanol–water partition coefficient (Wildman–Crippen LogP) is 2.86. The highest BCUT2D eigenvalue weighted by molar-refractivity contribution is 5.92. The van der Waals surface area contributed by atoms with E-state index in [2.05, 4.69) is 49.0 Å². The molecule has 6 fully saturated rings. The van der Waals surface area contributed by atoms with Crippen LogP contribution in [0.2, 0.25) is 0 Å². The highest BCUT2D eigenvalue weighted by Crippen LogP contribution is 2.86. The lowest BCUT2D eigenvalue weighted by Gasteiger charge is -2.56. The summed E-state index contributed by atoms with van der Waals surface area (Å²) in [4.78, 5) is 14.8. The number of ether oxygens (including phenoxy) is 5. The van der Waals surface area contributed by atoms with Crippen LogP contribution in [0.25, 0.3) is 10.9 Å². The average molecular weight is 532 g/mol. The molecule has 4 saturated heterocycles. The Morgan fingerprint density at radius 2 is 2.00 bits per heavy atom. The van der Waals surface area contributed by atoms with Crippen molar-refractivity contribution in [2.45, 2.75) is 80.7 Å². The molecule has 0 N–H and O–H groups in total. The van der Waals surface area contributed by atoms with Gasteiger partial charge in [-0.15, -0.1) is 0 Å². The van der Waals surface area contributed by atoms with Crippen molar-refractivity contribution in [3.63, 3.8) is 0 Å². The molecule has 204 valence electrons. The van der Waals surface area contributed by atoms with Crippen LogP contribution in [-0.2, 0) is 35.5 Å². The minimum absolute atomic E-state index is 0.00431. The molecule has 0 unspecified atom stereocenters. The second-order valence-corrected chi connectivity index (χ2v) is 13.7. The highest BCUT2D eigenvalue weighted by atomic mass is 16.8. The summed E-state index contributed by atoms with van der Waals surface area (Å²) >= 11 is 0. The van der Waals surface area contributed by atoms with Crippen molar-refractivity contribution in [1.82, 2.24) is 9.78 Å². The topological polar surface area (TPSA) is 94.2 Å². The van der Waals surface area contributed by atoms with E-state index in [9.17, 15) is 4.79 Å². The first-order chi connectivity index (χ1) is 18.7. The molecule has 8 aliphatic rings. The van der Waals surface area contributed by atoms with E-state index < -0.39 is 22.4 Å². The largest absolute Gasteiger partial charge is 0.458 e. The Kier molecular flexibility index (Phi) is 3.55. The van der Waals surface area contributed by atoms with Gasteiger partial charge in [0.25, 0.3) is 0 Å². The number of benzene rings is 1. The van der Waals surface area contributed by atoms with Gasteiger partial charge < -0.3 is 28.6 Å². The minimum Gasteiger partial charge on any atom is -0.458 e. The number of hydrogen-bond acceptors (Lipinski definition) is 8. The third kappa shape index (κ3) is 2.02. The molecule has 39 heavy (non-hydrogen) atoms. The fourth-order valence-corrected chi connectivity index (χ4v) is 10.6. The molecule has 1 aromatic carbocycles. The molecule has 5 aliphatic heterocycles. The molecule has 2 saturated carbocycles. The molecular formula is C30H33N3O6. The summed E-state index contributed by atoms with van der Waals surface area (Å²) in [7, 11) is 1.97. The number of aromatic nitrogens is 2. The minimum atomic E-state index is -0.648. The van der Waals surface area contributed by atoms with Gasteiger partial charge in [0.2, 0.25) is 0 Å². The Morgan fingerprint density at radius 3 is 2.85 bits per heavy atom. The molecule has 9 heteroatoms. The Bertz CT molecular complexity index is 1570. The number of carbonyl (C=O) groups is 1. The van der Waals surface area contributed by atoms with Gasteiger partial charge in [0, 0.05) is 29.1 Å². The van der Waals surface area contributed by atoms with E-state index in [1.165, 1.54) is 5.57 Å². The molecule has 2 aromatic rings. The first-order valence-electron chi connectivity index (χ1n) is 14.5. The predicted molar refractivity (Wildman–Crippen MR) is 138 cm³/mol. The number of rotatable bonds is 2. The molecule has 0 amide bonds. The van der Waals surface area contributed by atoms with Crippen molar-refractivity contribution in [2.24, 2.45) is 24.3 Å². The van der Waals surface area contributed by atoms with Gasteiger partial charge in [0.1, 0.15) is 36.7 Å². The second-order valence-electron chi connectivity index (χ2n) is 13.7. The van der Waals surface area contributed by atoms with E-state index in [0.29, 0.717) is 19.9 Å². The van der Waals surface area contributed by atoms with Crippen LogP contribution in [0, 0.1) is 17.3 Å². The molecule has 1 aromatic heterocycles. The monoisotopic (exact) mass is 531 g/mol. The van der Waals surface area contributed by atoms with Crippen molar-refractivity contribution < 1.29 is 28.5 Å². The van der Waals surface area contributed by atoms with E-state index in [1.807, 2.05) is 17.9 Å². The number of epoxide rings is 3. The van der Waals surface area contributed by atoms with E-state index in [4.69, 9.17) is 23.7 Å². The number of hydrogen-bond donors (Lipinski definition) is 0. The summed E-state index contributed by atoms with van der Waals surface area (Å²) in [6.45, 7) is 8.48. The third-order valence-corrected chi connectivity index (χ3v) is 12.3. The fourth-order valence-electron chi connectivity index (χ4n) is 10.6. The zero-order valence-corrected chi connectivity index (χ0v) is 22.7. The Balaban J connectivity index is 1.11. The number of fused-ring (bicyclic) bond motifs is 6. The average Bonchev–Trinajstić information content (AvgIpc) is 3.85. The summed E-state index contributed by atoms with van der Waals surface area (Å²) in [5, 5.41) is 5.55. The molecule has 6 heterocycles. The van der Waals surface area contributed by atoms with Crippen LogP contribution in [0.15, 0.2) is 35.5 Å². The van der Waals surface area contributed by atoms with Gasteiger partial charge in [-0.3, -0.25) is 4.68 Å². The van der Waals surface area contributed by atoms with Crippen LogP contribution in [0.4, 0.5) is 5.69 Å². The summed E-state index contributed by atoms with van der Waals surface area (Å²) in [6, 6.07) is 6.52. The first-order valence-corrected chi connectivity index (χ1v) is 14.5. The van der Waals surface area contributed by atoms with Crippen LogP contribution in [-0.4, -0.2) is 76.3 Å². The van der Waals surface area contributed by atoms with Crippen molar-refractivity contribution in [3.8, 4) is 0 Å². The van der Waals surface area contributed by atoms with E-state index in [1.54, 1.807) is 0 Å². The molecule has 0 radical (unpaired) electrons. The van der Waals surface area contributed by atoms with E-state index in [-0.39, 0.29) is 41.5 Å². The van der Waals surface area contributed by atoms with Gasteiger partial charge in [-0.25, -0.2) is 4.79 Å². The third-order valence-electron chi connectivity index (χ3n) is 12.3. The molecule has 0 bridgehead atoms. The lowest BCUT2D eigenvalue weighted by Crippen LogP contribution is -2.76. The zero-order valence-electron chi connectivity index (χ0n) is 22.7. The van der Waals surface area contributed by atoms with Gasteiger partial charge in [-0.1, -0.05) is 20.8 Å². The molecule has 9 nitrogen and oxygen atoms in total. The Morgan fingerprint density at radius 1 is 1.13 bits per heavy atom. The Hall–Kier alpha value is -2.46. The second kappa shape index (κ2) is 6.22. The molecular weight excluding hydrogens is 498 g/mol. The van der Waals surface area contributed by atoms with Crippen LogP contribution >= 0.6 is 0 Å². The lowest BCUT2D eigenvalue weighted by atomic mass is 9.44. The Labute approximate surface area is 226 Å². The van der Waals surface area contributed by atoms with Gasteiger partial charge in [0.05, 0.1) is 24.4 Å². The van der Waals surface area contributed by atoms with E-state index >= 15 is 0 Å². The van der Waals surface area contributed by atoms with Crippen LogP contribution in [0.5, 0.6) is 0 Å². The standard InChI is InChI=1S/C30H33N3O6/c1-15(2)28-23(38-28)24-30(39-24)26(3)8-7-18-19(12-35-25(18)34)20(26)10-22-29(30,37-22)27(28)13-33(14-36-27)17-5-6-21-16(9-17)11-31-32(21)4/h5-6,9,11,15,20,22-24H,7-8,10,12-14H2,1-4H3/t20-,22-,23-,24+,26-,27-,28-,29+,30+/m0/s1. The van der Waals surface area contributed by atoms with Crippen LogP contribution in [0.1, 0.15) is 40.0 Å². The van der Waals surface area contributed by atoms with Crippen molar-refractivity contribution >= 4 is 22.6 Å². The smallest absolute Gasteiger partial charge is 0.334 e. The maximum Gasteiger partial charge on any atom is 0.334 e. The number of nitrogens with zero attached hydrogens (tertiary/aromatic N) is 3.